The Kier molecular flexibility index (Phi) is 5.28. The number of anilines is 3. The second-order valence-electron chi connectivity index (χ2n) is 6.24. The molecule has 0 aliphatic carbocycles. The molecule has 25 heavy (non-hydrogen) atoms. The predicted octanol–water partition coefficient (Wildman–Crippen LogP) is 2.64. The van der Waals surface area contributed by atoms with Gasteiger partial charge in [0.1, 0.15) is 18.0 Å². The number of benzene rings is 1. The quantitative estimate of drug-likeness (QED) is 0.721. The first-order valence-corrected chi connectivity index (χ1v) is 8.22. The zero-order valence-corrected chi connectivity index (χ0v) is 14.0. The monoisotopic (exact) mass is 349 g/mol. The highest BCUT2D eigenvalue weighted by atomic mass is 19.1. The summed E-state index contributed by atoms with van der Waals surface area (Å²) >= 11 is 0. The van der Waals surface area contributed by atoms with Gasteiger partial charge in [0.15, 0.2) is 17.4 Å². The molecule has 0 radical (unpaired) electrons. The fourth-order valence-corrected chi connectivity index (χ4v) is 2.94. The second kappa shape index (κ2) is 7.60. The molecule has 0 unspecified atom stereocenters. The number of hydrogen-bond donors (Lipinski definition) is 3. The van der Waals surface area contributed by atoms with E-state index in [1.807, 2.05) is 11.9 Å². The highest BCUT2D eigenvalue weighted by molar-refractivity contribution is 5.60. The molecular weight excluding hydrogens is 328 g/mol. The fraction of sp³-hybridized carbons (Fsp3) is 0.412. The van der Waals surface area contributed by atoms with Gasteiger partial charge in [0.05, 0.1) is 5.69 Å². The van der Waals surface area contributed by atoms with E-state index in [2.05, 4.69) is 20.6 Å². The first kappa shape index (κ1) is 17.3. The van der Waals surface area contributed by atoms with E-state index >= 15 is 0 Å². The van der Waals surface area contributed by atoms with Crippen LogP contribution in [0.25, 0.3) is 0 Å². The molecule has 3 rings (SSSR count). The third kappa shape index (κ3) is 4.33. The lowest BCUT2D eigenvalue weighted by Gasteiger charge is -2.28. The van der Waals surface area contributed by atoms with Crippen molar-refractivity contribution in [2.24, 2.45) is 5.92 Å². The maximum atomic E-state index is 13.8. The SMILES string of the molecule is CN(CC1CCNCC1)c1cc(Nc2cc(F)c(O)cc2F)ncn1. The zero-order chi connectivity index (χ0) is 17.8. The normalized spacial score (nSPS) is 15.2. The molecule has 1 fully saturated rings. The van der Waals surface area contributed by atoms with Crippen molar-refractivity contribution < 1.29 is 13.9 Å². The number of rotatable bonds is 5. The van der Waals surface area contributed by atoms with Crippen molar-refractivity contribution in [3.8, 4) is 5.75 Å². The third-order valence-corrected chi connectivity index (χ3v) is 4.33. The molecule has 1 aromatic heterocycles. The molecule has 0 bridgehead atoms. The molecule has 134 valence electrons. The van der Waals surface area contributed by atoms with E-state index in [0.717, 1.165) is 44.6 Å². The Labute approximate surface area is 144 Å². The average Bonchev–Trinajstić information content (AvgIpc) is 2.61. The minimum absolute atomic E-state index is 0.0963. The number of aromatic nitrogens is 2. The van der Waals surface area contributed by atoms with Crippen molar-refractivity contribution in [3.05, 3.63) is 36.2 Å². The lowest BCUT2D eigenvalue weighted by Crippen LogP contribution is -2.34. The molecule has 6 nitrogen and oxygen atoms in total. The van der Waals surface area contributed by atoms with E-state index in [4.69, 9.17) is 0 Å². The van der Waals surface area contributed by atoms with Crippen LogP contribution in [0.1, 0.15) is 12.8 Å². The molecule has 1 aromatic carbocycles. The van der Waals surface area contributed by atoms with Crippen LogP contribution in [-0.4, -0.2) is 41.8 Å². The summed E-state index contributed by atoms with van der Waals surface area (Å²) in [5, 5.41) is 15.2. The number of nitrogens with zero attached hydrogens (tertiary/aromatic N) is 3. The van der Waals surface area contributed by atoms with Gasteiger partial charge in [0.2, 0.25) is 0 Å². The Morgan fingerprint density at radius 3 is 2.72 bits per heavy atom. The summed E-state index contributed by atoms with van der Waals surface area (Å²) < 4.78 is 27.3. The number of halogens is 2. The highest BCUT2D eigenvalue weighted by Gasteiger charge is 2.16. The van der Waals surface area contributed by atoms with Crippen molar-refractivity contribution in [1.29, 1.82) is 0 Å². The van der Waals surface area contributed by atoms with E-state index < -0.39 is 17.4 Å². The minimum atomic E-state index is -0.902. The Hall–Kier alpha value is -2.48. The summed E-state index contributed by atoms with van der Waals surface area (Å²) in [4.78, 5) is 10.3. The first-order valence-electron chi connectivity index (χ1n) is 8.22. The second-order valence-corrected chi connectivity index (χ2v) is 6.24. The molecule has 1 aliphatic heterocycles. The van der Waals surface area contributed by atoms with E-state index in [1.54, 1.807) is 6.07 Å². The molecule has 8 heteroatoms. The van der Waals surface area contributed by atoms with Gasteiger partial charge in [-0.15, -0.1) is 0 Å². The molecule has 3 N–H and O–H groups in total. The van der Waals surface area contributed by atoms with Crippen LogP contribution in [0, 0.1) is 17.6 Å². The lowest BCUT2D eigenvalue weighted by atomic mass is 9.98. The van der Waals surface area contributed by atoms with Crippen molar-refractivity contribution in [1.82, 2.24) is 15.3 Å². The summed E-state index contributed by atoms with van der Waals surface area (Å²) in [6.07, 6.45) is 3.63. The van der Waals surface area contributed by atoms with Crippen LogP contribution in [0.3, 0.4) is 0 Å². The summed E-state index contributed by atoms with van der Waals surface area (Å²) in [5.41, 5.74) is -0.0963. The molecule has 0 amide bonds. The smallest absolute Gasteiger partial charge is 0.167 e. The van der Waals surface area contributed by atoms with Crippen LogP contribution in [0.15, 0.2) is 24.5 Å². The van der Waals surface area contributed by atoms with Gasteiger partial charge in [0.25, 0.3) is 0 Å². The Bertz CT molecular complexity index is 737. The molecule has 0 saturated carbocycles. The topological polar surface area (TPSA) is 73.3 Å². The van der Waals surface area contributed by atoms with Crippen molar-refractivity contribution >= 4 is 17.3 Å². The Balaban J connectivity index is 1.71. The Morgan fingerprint density at radius 2 is 1.96 bits per heavy atom. The van der Waals surface area contributed by atoms with Crippen molar-refractivity contribution in [2.75, 3.05) is 36.9 Å². The summed E-state index contributed by atoms with van der Waals surface area (Å²) in [7, 11) is 1.95. The van der Waals surface area contributed by atoms with Gasteiger partial charge in [-0.2, -0.15) is 0 Å². The van der Waals surface area contributed by atoms with E-state index in [0.29, 0.717) is 17.6 Å². The average molecular weight is 349 g/mol. The molecule has 2 aromatic rings. The van der Waals surface area contributed by atoms with Crippen LogP contribution in [0.5, 0.6) is 5.75 Å². The van der Waals surface area contributed by atoms with Crippen LogP contribution in [-0.2, 0) is 0 Å². The summed E-state index contributed by atoms with van der Waals surface area (Å²) in [6, 6.07) is 3.31. The highest BCUT2D eigenvalue weighted by Crippen LogP contribution is 2.26. The van der Waals surface area contributed by atoms with Crippen LogP contribution < -0.4 is 15.5 Å². The Morgan fingerprint density at radius 1 is 1.20 bits per heavy atom. The van der Waals surface area contributed by atoms with E-state index in [-0.39, 0.29) is 5.69 Å². The standard InChI is InChI=1S/C17H21F2N5O/c1-24(9-11-2-4-20-5-3-11)17-8-16(21-10-22-17)23-14-6-13(19)15(25)7-12(14)18/h6-8,10-11,20,25H,2-5,9H2,1H3,(H,21,22,23). The van der Waals surface area contributed by atoms with Gasteiger partial charge in [-0.25, -0.2) is 18.7 Å². The molecule has 1 aliphatic rings. The number of aromatic hydroxyl groups is 1. The number of hydrogen-bond acceptors (Lipinski definition) is 6. The minimum Gasteiger partial charge on any atom is -0.505 e. The predicted molar refractivity (Wildman–Crippen MR) is 92.2 cm³/mol. The van der Waals surface area contributed by atoms with Crippen LogP contribution >= 0.6 is 0 Å². The molecule has 0 spiro atoms. The van der Waals surface area contributed by atoms with Crippen LogP contribution in [0.4, 0.5) is 26.1 Å². The van der Waals surface area contributed by atoms with Gasteiger partial charge in [-0.1, -0.05) is 0 Å². The largest absolute Gasteiger partial charge is 0.505 e. The van der Waals surface area contributed by atoms with Gasteiger partial charge in [0, 0.05) is 31.8 Å². The van der Waals surface area contributed by atoms with E-state index in [1.165, 1.54) is 6.33 Å². The number of phenols is 1. The third-order valence-electron chi connectivity index (χ3n) is 4.33. The number of nitrogens with one attached hydrogen (secondary N) is 2. The molecule has 0 atom stereocenters. The van der Waals surface area contributed by atoms with Gasteiger partial charge >= 0.3 is 0 Å². The van der Waals surface area contributed by atoms with Gasteiger partial charge < -0.3 is 20.6 Å². The first-order chi connectivity index (χ1) is 12.0. The van der Waals surface area contributed by atoms with Crippen molar-refractivity contribution in [3.63, 3.8) is 0 Å². The number of piperidine rings is 1. The number of phenolic OH excluding ortho intramolecular Hbond substituents is 1. The lowest BCUT2D eigenvalue weighted by molar-refractivity contribution is 0.377. The zero-order valence-electron chi connectivity index (χ0n) is 14.0. The maximum Gasteiger partial charge on any atom is 0.167 e. The summed E-state index contributed by atoms with van der Waals surface area (Å²) in [5.74, 6) is -0.737. The van der Waals surface area contributed by atoms with Crippen molar-refractivity contribution in [2.45, 2.75) is 12.8 Å². The molecule has 1 saturated heterocycles. The fourth-order valence-electron chi connectivity index (χ4n) is 2.94. The molecular formula is C17H21F2N5O. The van der Waals surface area contributed by atoms with E-state index in [9.17, 15) is 13.9 Å². The maximum absolute atomic E-state index is 13.8. The van der Waals surface area contributed by atoms with Crippen LogP contribution in [0.2, 0.25) is 0 Å². The summed E-state index contributed by atoms with van der Waals surface area (Å²) in [6.45, 7) is 2.93. The molecule has 2 heterocycles. The van der Waals surface area contributed by atoms with Gasteiger partial charge in [-0.05, 0) is 31.8 Å². The van der Waals surface area contributed by atoms with Gasteiger partial charge in [-0.3, -0.25) is 0 Å².